The lowest BCUT2D eigenvalue weighted by Gasteiger charge is -2.13. The van der Waals surface area contributed by atoms with Gasteiger partial charge in [-0.25, -0.2) is 13.8 Å². The summed E-state index contributed by atoms with van der Waals surface area (Å²) in [5.74, 6) is -1.39. The van der Waals surface area contributed by atoms with E-state index in [0.29, 0.717) is 16.6 Å². The minimum absolute atomic E-state index is 0.166. The van der Waals surface area contributed by atoms with Crippen molar-refractivity contribution in [2.24, 2.45) is 0 Å². The molecule has 142 valence electrons. The van der Waals surface area contributed by atoms with Gasteiger partial charge in [0.2, 0.25) is 0 Å². The van der Waals surface area contributed by atoms with E-state index in [1.54, 1.807) is 6.07 Å². The van der Waals surface area contributed by atoms with E-state index < -0.39 is 17.2 Å². The first kappa shape index (κ1) is 17.4. The molecule has 1 aliphatic rings. The maximum atomic E-state index is 14.9. The lowest BCUT2D eigenvalue weighted by molar-refractivity contribution is 0.545. The van der Waals surface area contributed by atoms with Crippen LogP contribution in [0.2, 0.25) is 0 Å². The summed E-state index contributed by atoms with van der Waals surface area (Å²) in [4.78, 5) is 20.3. The van der Waals surface area contributed by atoms with Gasteiger partial charge in [0.1, 0.15) is 17.2 Å². The molecule has 0 unspecified atom stereocenters. The number of rotatable bonds is 3. The van der Waals surface area contributed by atoms with Gasteiger partial charge in [0.05, 0.1) is 24.5 Å². The van der Waals surface area contributed by atoms with Gasteiger partial charge in [-0.1, -0.05) is 24.3 Å². The fourth-order valence-corrected chi connectivity index (χ4v) is 3.69. The maximum Gasteiger partial charge on any atom is 0.269 e. The molecule has 0 saturated carbocycles. The minimum Gasteiger partial charge on any atom is -0.301 e. The number of fused-ring (bicyclic) bond motifs is 2. The van der Waals surface area contributed by atoms with Crippen LogP contribution in [0, 0.1) is 11.6 Å². The second kappa shape index (κ2) is 6.74. The summed E-state index contributed by atoms with van der Waals surface area (Å²) in [6.45, 7) is -0.229. The van der Waals surface area contributed by atoms with Crippen molar-refractivity contribution in [1.29, 1.82) is 0 Å². The van der Waals surface area contributed by atoms with Crippen molar-refractivity contribution < 1.29 is 8.78 Å². The van der Waals surface area contributed by atoms with Crippen molar-refractivity contribution in [3.63, 3.8) is 0 Å². The Morgan fingerprint density at radius 1 is 1.00 bits per heavy atom. The van der Waals surface area contributed by atoms with Crippen molar-refractivity contribution in [3.05, 3.63) is 99.7 Å². The highest BCUT2D eigenvalue weighted by molar-refractivity contribution is 5.73. The zero-order chi connectivity index (χ0) is 20.0. The third kappa shape index (κ3) is 3.02. The maximum absolute atomic E-state index is 14.9. The third-order valence-corrected chi connectivity index (χ3v) is 5.22. The summed E-state index contributed by atoms with van der Waals surface area (Å²) < 4.78 is 31.1. The summed E-state index contributed by atoms with van der Waals surface area (Å²) in [6, 6.07) is 10.0. The van der Waals surface area contributed by atoms with Crippen molar-refractivity contribution >= 4 is 17.1 Å². The Balaban J connectivity index is 1.57. The number of hydrogen-bond donors (Lipinski definition) is 0. The molecule has 5 rings (SSSR count). The second-order valence-electron chi connectivity index (χ2n) is 6.99. The molecule has 0 bridgehead atoms. The Labute approximate surface area is 164 Å². The van der Waals surface area contributed by atoms with E-state index in [1.807, 2.05) is 24.3 Å². The smallest absolute Gasteiger partial charge is 0.269 e. The molecule has 0 N–H and O–H groups in total. The fraction of sp³-hybridized carbons (Fsp3) is 0.0870. The van der Waals surface area contributed by atoms with Gasteiger partial charge in [-0.15, -0.1) is 0 Å². The van der Waals surface area contributed by atoms with E-state index in [-0.39, 0.29) is 12.1 Å². The molecule has 0 atom stereocenters. The number of benzene rings is 2. The Morgan fingerprint density at radius 3 is 2.66 bits per heavy atom. The highest BCUT2D eigenvalue weighted by atomic mass is 19.1. The number of hydrogen-bond acceptors (Lipinski definition) is 3. The molecule has 1 aliphatic carbocycles. The van der Waals surface area contributed by atoms with Gasteiger partial charge in [-0.3, -0.25) is 9.78 Å². The molecule has 29 heavy (non-hydrogen) atoms. The molecule has 2 heterocycles. The molecule has 0 saturated heterocycles. The van der Waals surface area contributed by atoms with Crippen LogP contribution in [0.25, 0.3) is 28.2 Å². The van der Waals surface area contributed by atoms with E-state index in [0.717, 1.165) is 23.7 Å². The molecule has 2 aromatic heterocycles. The number of pyridine rings is 1. The Morgan fingerprint density at radius 2 is 1.83 bits per heavy atom. The van der Waals surface area contributed by atoms with Gasteiger partial charge in [-0.2, -0.15) is 0 Å². The quantitative estimate of drug-likeness (QED) is 0.525. The van der Waals surface area contributed by atoms with Crippen molar-refractivity contribution in [2.75, 3.05) is 0 Å². The first-order valence-electron chi connectivity index (χ1n) is 9.17. The van der Waals surface area contributed by atoms with Gasteiger partial charge in [0, 0.05) is 11.8 Å². The minimum atomic E-state index is -0.693. The zero-order valence-electron chi connectivity index (χ0n) is 15.3. The second-order valence-corrected chi connectivity index (χ2v) is 6.99. The zero-order valence-corrected chi connectivity index (χ0v) is 15.3. The summed E-state index contributed by atoms with van der Waals surface area (Å²) >= 11 is 0. The first-order valence-corrected chi connectivity index (χ1v) is 9.17. The monoisotopic (exact) mass is 387 g/mol. The molecule has 0 amide bonds. The highest BCUT2D eigenvalue weighted by Crippen LogP contribution is 2.29. The van der Waals surface area contributed by atoms with E-state index in [1.165, 1.54) is 34.7 Å². The lowest BCUT2D eigenvalue weighted by atomic mass is 9.99. The molecule has 6 heteroatoms. The van der Waals surface area contributed by atoms with Crippen LogP contribution in [0.15, 0.2) is 65.9 Å². The Bertz CT molecular complexity index is 1340. The molecule has 4 aromatic rings. The van der Waals surface area contributed by atoms with Crippen LogP contribution in [-0.2, 0) is 13.0 Å². The Hall–Kier alpha value is -3.67. The third-order valence-electron chi connectivity index (χ3n) is 5.22. The topological polar surface area (TPSA) is 47.8 Å². The largest absolute Gasteiger partial charge is 0.301 e. The molecule has 4 nitrogen and oxygen atoms in total. The van der Waals surface area contributed by atoms with E-state index >= 15 is 0 Å². The Kier molecular flexibility index (Phi) is 4.05. The van der Waals surface area contributed by atoms with Gasteiger partial charge < -0.3 is 4.57 Å². The van der Waals surface area contributed by atoms with Crippen LogP contribution < -0.4 is 5.56 Å². The predicted molar refractivity (Wildman–Crippen MR) is 107 cm³/mol. The van der Waals surface area contributed by atoms with Crippen LogP contribution in [0.3, 0.4) is 0 Å². The number of aromatic nitrogens is 3. The van der Waals surface area contributed by atoms with E-state index in [4.69, 9.17) is 0 Å². The van der Waals surface area contributed by atoms with Crippen LogP contribution in [0.1, 0.15) is 16.7 Å². The SMILES string of the molecule is O=c1cnc2cnccc2n1Cc1c(F)cc(-c2ccc3c(c2)C=CC3)cc1F. The number of nitrogens with zero attached hydrogens (tertiary/aromatic N) is 3. The fourth-order valence-electron chi connectivity index (χ4n) is 3.69. The van der Waals surface area contributed by atoms with Gasteiger partial charge in [0.15, 0.2) is 0 Å². The van der Waals surface area contributed by atoms with Crippen LogP contribution in [0.5, 0.6) is 0 Å². The van der Waals surface area contributed by atoms with E-state index in [2.05, 4.69) is 16.0 Å². The van der Waals surface area contributed by atoms with Crippen LogP contribution >= 0.6 is 0 Å². The summed E-state index contributed by atoms with van der Waals surface area (Å²) in [6.07, 6.45) is 9.09. The lowest BCUT2D eigenvalue weighted by Crippen LogP contribution is -2.22. The molecule has 0 radical (unpaired) electrons. The molecule has 0 spiro atoms. The van der Waals surface area contributed by atoms with Crippen LogP contribution in [0.4, 0.5) is 8.78 Å². The number of halogens is 2. The molecular weight excluding hydrogens is 372 g/mol. The summed E-state index contributed by atoms with van der Waals surface area (Å²) in [5, 5.41) is 0. The average Bonchev–Trinajstić information content (AvgIpc) is 3.19. The van der Waals surface area contributed by atoms with Crippen molar-refractivity contribution in [3.8, 4) is 11.1 Å². The predicted octanol–water partition coefficient (Wildman–Crippen LogP) is 4.35. The number of allylic oxidation sites excluding steroid dienone is 1. The van der Waals surface area contributed by atoms with Crippen molar-refractivity contribution in [2.45, 2.75) is 13.0 Å². The standard InChI is InChI=1S/C23H15F2N3O/c24-19-9-17(16-5-4-14-2-1-3-15(14)8-16)10-20(25)18(19)13-28-22-6-7-26-11-21(22)27-12-23(28)29/h1,3-12H,2,13H2. The average molecular weight is 387 g/mol. The summed E-state index contributed by atoms with van der Waals surface area (Å²) in [5.41, 5.74) is 3.83. The van der Waals surface area contributed by atoms with Gasteiger partial charge >= 0.3 is 0 Å². The molecule has 0 fully saturated rings. The first-order chi connectivity index (χ1) is 14.1. The normalized spacial score (nSPS) is 12.5. The van der Waals surface area contributed by atoms with Gasteiger partial charge in [0.25, 0.3) is 5.56 Å². The van der Waals surface area contributed by atoms with Gasteiger partial charge in [-0.05, 0) is 52.9 Å². The van der Waals surface area contributed by atoms with Crippen LogP contribution in [-0.4, -0.2) is 14.5 Å². The van der Waals surface area contributed by atoms with E-state index in [9.17, 15) is 13.6 Å². The molecular formula is C23H15F2N3O. The molecule has 0 aliphatic heterocycles. The highest BCUT2D eigenvalue weighted by Gasteiger charge is 2.16. The molecule has 2 aromatic carbocycles. The van der Waals surface area contributed by atoms with Crippen molar-refractivity contribution in [1.82, 2.24) is 14.5 Å². The summed E-state index contributed by atoms with van der Waals surface area (Å²) in [7, 11) is 0.